The van der Waals surface area contributed by atoms with Crippen LogP contribution in [-0.4, -0.2) is 43.8 Å². The first-order valence-corrected chi connectivity index (χ1v) is 4.51. The topological polar surface area (TPSA) is 41.6 Å². The van der Waals surface area contributed by atoms with Crippen LogP contribution in [0.1, 0.15) is 20.8 Å². The average Bonchev–Trinajstić information content (AvgIpc) is 2.02. The van der Waals surface area contributed by atoms with Crippen molar-refractivity contribution in [3.8, 4) is 0 Å². The Morgan fingerprint density at radius 3 is 2.38 bits per heavy atom. The number of nitrogens with one attached hydrogen (secondary N) is 1. The average molecular weight is 188 g/mol. The second-order valence-electron chi connectivity index (χ2n) is 3.52. The van der Waals surface area contributed by atoms with Crippen molar-refractivity contribution in [3.05, 3.63) is 0 Å². The lowest BCUT2D eigenvalue weighted by molar-refractivity contribution is 0.122. The fourth-order valence-electron chi connectivity index (χ4n) is 0.902. The summed E-state index contributed by atoms with van der Waals surface area (Å²) in [5.74, 6) is 0. The van der Waals surface area contributed by atoms with Gasteiger partial charge in [0.05, 0.1) is 12.6 Å². The number of likely N-dealkylation sites (N-methyl/N-ethyl adjacent to an activating group) is 1. The molecular weight excluding hydrogens is 168 g/mol. The van der Waals surface area contributed by atoms with E-state index in [2.05, 4.69) is 5.32 Å². The third kappa shape index (κ3) is 4.72. The van der Waals surface area contributed by atoms with E-state index in [-0.39, 0.29) is 18.1 Å². The number of hydrogen-bond donors (Lipinski definition) is 1. The van der Waals surface area contributed by atoms with Gasteiger partial charge in [-0.25, -0.2) is 4.79 Å². The number of amides is 2. The molecule has 0 saturated carbocycles. The molecule has 0 aromatic heterocycles. The Kier molecular flexibility index (Phi) is 5.46. The summed E-state index contributed by atoms with van der Waals surface area (Å²) in [6.45, 7) is 6.38. The molecule has 0 saturated heterocycles. The minimum absolute atomic E-state index is 0.0560. The second kappa shape index (κ2) is 5.80. The molecule has 0 rings (SSSR count). The number of hydrogen-bond acceptors (Lipinski definition) is 2. The molecule has 0 aromatic carbocycles. The lowest BCUT2D eigenvalue weighted by atomic mass is 10.3. The largest absolute Gasteiger partial charge is 0.383 e. The Hall–Kier alpha value is -0.770. The van der Waals surface area contributed by atoms with Crippen LogP contribution < -0.4 is 5.32 Å². The maximum absolute atomic E-state index is 11.4. The Bertz CT molecular complexity index is 160. The van der Waals surface area contributed by atoms with Crippen molar-refractivity contribution in [1.82, 2.24) is 10.2 Å². The summed E-state index contributed by atoms with van der Waals surface area (Å²) in [6, 6.07) is 0.216. The maximum Gasteiger partial charge on any atom is 0.317 e. The van der Waals surface area contributed by atoms with Gasteiger partial charge in [0.15, 0.2) is 0 Å². The zero-order valence-electron chi connectivity index (χ0n) is 9.13. The highest BCUT2D eigenvalue weighted by Gasteiger charge is 2.15. The van der Waals surface area contributed by atoms with Crippen LogP contribution in [0, 0.1) is 0 Å². The summed E-state index contributed by atoms with van der Waals surface area (Å²) in [6.07, 6.45) is 0. The Morgan fingerprint density at radius 2 is 2.00 bits per heavy atom. The quantitative estimate of drug-likeness (QED) is 0.717. The summed E-state index contributed by atoms with van der Waals surface area (Å²) in [5.41, 5.74) is 0. The van der Waals surface area contributed by atoms with Crippen LogP contribution in [0.2, 0.25) is 0 Å². The van der Waals surface area contributed by atoms with Gasteiger partial charge in [-0.05, 0) is 20.8 Å². The normalized spacial score (nSPS) is 12.8. The Balaban J connectivity index is 3.93. The standard InChI is InChI=1S/C9H20N2O2/c1-7(2)10-9(12)11(4)8(3)6-13-5/h7-8H,6H2,1-5H3,(H,10,12). The van der Waals surface area contributed by atoms with Crippen LogP contribution in [0.5, 0.6) is 0 Å². The fourth-order valence-corrected chi connectivity index (χ4v) is 0.902. The van der Waals surface area contributed by atoms with Crippen molar-refractivity contribution in [2.24, 2.45) is 0 Å². The van der Waals surface area contributed by atoms with Crippen LogP contribution >= 0.6 is 0 Å². The van der Waals surface area contributed by atoms with Gasteiger partial charge in [-0.2, -0.15) is 0 Å². The first kappa shape index (κ1) is 12.2. The lowest BCUT2D eigenvalue weighted by Gasteiger charge is -2.25. The van der Waals surface area contributed by atoms with Crippen LogP contribution in [0.3, 0.4) is 0 Å². The van der Waals surface area contributed by atoms with Crippen molar-refractivity contribution in [3.63, 3.8) is 0 Å². The van der Waals surface area contributed by atoms with Gasteiger partial charge in [0.1, 0.15) is 0 Å². The molecular formula is C9H20N2O2. The van der Waals surface area contributed by atoms with Gasteiger partial charge in [0.25, 0.3) is 0 Å². The molecule has 1 atom stereocenters. The Labute approximate surface area is 80.2 Å². The van der Waals surface area contributed by atoms with Gasteiger partial charge in [-0.15, -0.1) is 0 Å². The van der Waals surface area contributed by atoms with Gasteiger partial charge in [0.2, 0.25) is 0 Å². The molecule has 2 amide bonds. The first-order valence-electron chi connectivity index (χ1n) is 4.51. The minimum Gasteiger partial charge on any atom is -0.383 e. The highest BCUT2D eigenvalue weighted by molar-refractivity contribution is 5.74. The van der Waals surface area contributed by atoms with E-state index in [0.29, 0.717) is 6.61 Å². The molecule has 0 spiro atoms. The zero-order valence-corrected chi connectivity index (χ0v) is 9.13. The van der Waals surface area contributed by atoms with Gasteiger partial charge in [-0.3, -0.25) is 0 Å². The minimum atomic E-state index is -0.0560. The third-order valence-electron chi connectivity index (χ3n) is 1.80. The number of urea groups is 1. The highest BCUT2D eigenvalue weighted by Crippen LogP contribution is 1.96. The van der Waals surface area contributed by atoms with E-state index in [1.807, 2.05) is 20.8 Å². The van der Waals surface area contributed by atoms with Crippen molar-refractivity contribution in [2.45, 2.75) is 32.9 Å². The number of rotatable bonds is 4. The van der Waals surface area contributed by atoms with Crippen molar-refractivity contribution in [2.75, 3.05) is 20.8 Å². The number of ether oxygens (including phenoxy) is 1. The van der Waals surface area contributed by atoms with E-state index in [1.54, 1.807) is 19.1 Å². The summed E-state index contributed by atoms with van der Waals surface area (Å²) >= 11 is 0. The fraction of sp³-hybridized carbons (Fsp3) is 0.889. The Morgan fingerprint density at radius 1 is 1.46 bits per heavy atom. The molecule has 0 heterocycles. The maximum atomic E-state index is 11.4. The number of methoxy groups -OCH3 is 1. The summed E-state index contributed by atoms with van der Waals surface area (Å²) < 4.78 is 4.96. The molecule has 0 aromatic rings. The third-order valence-corrected chi connectivity index (χ3v) is 1.80. The molecule has 13 heavy (non-hydrogen) atoms. The molecule has 4 heteroatoms. The summed E-state index contributed by atoms with van der Waals surface area (Å²) in [5, 5.41) is 2.81. The zero-order chi connectivity index (χ0) is 10.4. The number of nitrogens with zero attached hydrogens (tertiary/aromatic N) is 1. The molecule has 0 fully saturated rings. The molecule has 0 aliphatic rings. The van der Waals surface area contributed by atoms with Crippen molar-refractivity contribution < 1.29 is 9.53 Å². The molecule has 78 valence electrons. The van der Waals surface area contributed by atoms with E-state index in [4.69, 9.17) is 4.74 Å². The highest BCUT2D eigenvalue weighted by atomic mass is 16.5. The molecule has 4 nitrogen and oxygen atoms in total. The lowest BCUT2D eigenvalue weighted by Crippen LogP contribution is -2.46. The van der Waals surface area contributed by atoms with E-state index < -0.39 is 0 Å². The number of carbonyl (C=O) groups excluding carboxylic acids is 1. The smallest absolute Gasteiger partial charge is 0.317 e. The molecule has 0 radical (unpaired) electrons. The summed E-state index contributed by atoms with van der Waals surface area (Å²) in [4.78, 5) is 13.1. The van der Waals surface area contributed by atoms with Crippen LogP contribution in [-0.2, 0) is 4.74 Å². The van der Waals surface area contributed by atoms with Gasteiger partial charge in [0, 0.05) is 20.2 Å². The predicted molar refractivity (Wildman–Crippen MR) is 52.8 cm³/mol. The predicted octanol–water partition coefficient (Wildman–Crippen LogP) is 1.07. The van der Waals surface area contributed by atoms with E-state index in [1.165, 1.54) is 0 Å². The van der Waals surface area contributed by atoms with Crippen molar-refractivity contribution in [1.29, 1.82) is 0 Å². The van der Waals surface area contributed by atoms with Gasteiger partial charge in [-0.1, -0.05) is 0 Å². The molecule has 1 N–H and O–H groups in total. The summed E-state index contributed by atoms with van der Waals surface area (Å²) in [7, 11) is 3.39. The van der Waals surface area contributed by atoms with Gasteiger partial charge >= 0.3 is 6.03 Å². The molecule has 0 aliphatic carbocycles. The van der Waals surface area contributed by atoms with Crippen molar-refractivity contribution >= 4 is 6.03 Å². The first-order chi connectivity index (χ1) is 5.99. The van der Waals surface area contributed by atoms with Crippen LogP contribution in [0.4, 0.5) is 4.79 Å². The van der Waals surface area contributed by atoms with E-state index in [0.717, 1.165) is 0 Å². The van der Waals surface area contributed by atoms with E-state index >= 15 is 0 Å². The van der Waals surface area contributed by atoms with E-state index in [9.17, 15) is 4.79 Å². The van der Waals surface area contributed by atoms with Gasteiger partial charge < -0.3 is 15.0 Å². The SMILES string of the molecule is COCC(C)N(C)C(=O)NC(C)C. The molecule has 0 aliphatic heterocycles. The van der Waals surface area contributed by atoms with Crippen LogP contribution in [0.15, 0.2) is 0 Å². The molecule has 0 bridgehead atoms. The second-order valence-corrected chi connectivity index (χ2v) is 3.52. The monoisotopic (exact) mass is 188 g/mol. The number of carbonyl (C=O) groups is 1. The van der Waals surface area contributed by atoms with Crippen LogP contribution in [0.25, 0.3) is 0 Å². The molecule has 1 unspecified atom stereocenters.